The summed E-state index contributed by atoms with van der Waals surface area (Å²) in [6.45, 7) is 0. The van der Waals surface area contributed by atoms with Crippen LogP contribution in [0.3, 0.4) is 0 Å². The first kappa shape index (κ1) is 22.2. The lowest BCUT2D eigenvalue weighted by Gasteiger charge is -2.18. The molecule has 180 valence electrons. The molecule has 0 amide bonds. The highest BCUT2D eigenvalue weighted by Crippen LogP contribution is 2.36. The summed E-state index contributed by atoms with van der Waals surface area (Å²) in [6.07, 6.45) is 11.8. The largest absolute Gasteiger partial charge is 0.353 e. The summed E-state index contributed by atoms with van der Waals surface area (Å²) in [4.78, 5) is 12.1. The van der Waals surface area contributed by atoms with Crippen molar-refractivity contribution in [3.05, 3.63) is 84.9 Å². The first-order valence-electron chi connectivity index (χ1n) is 11.2. The second-order valence-corrected chi connectivity index (χ2v) is 10.5. The lowest BCUT2D eigenvalue weighted by molar-refractivity contribution is 0.370. The van der Waals surface area contributed by atoms with Gasteiger partial charge in [-0.05, 0) is 35.9 Å². The lowest BCUT2D eigenvalue weighted by atomic mass is 9.89. The number of rotatable bonds is 5. The van der Waals surface area contributed by atoms with E-state index in [0.717, 1.165) is 39.4 Å². The summed E-state index contributed by atoms with van der Waals surface area (Å²) in [6, 6.07) is 11.5. The Morgan fingerprint density at radius 3 is 2.67 bits per heavy atom. The van der Waals surface area contributed by atoms with Crippen molar-refractivity contribution >= 4 is 37.6 Å². The second-order valence-electron chi connectivity index (χ2n) is 8.76. The Hall–Kier alpha value is -4.31. The number of allylic oxidation sites excluding steroid dienone is 4. The molecule has 0 radical (unpaired) electrons. The zero-order chi connectivity index (χ0) is 24.9. The molecule has 6 rings (SSSR count). The molecule has 1 aliphatic carbocycles. The summed E-state index contributed by atoms with van der Waals surface area (Å²) in [5, 5.41) is 9.18. The van der Waals surface area contributed by atoms with E-state index in [4.69, 9.17) is 0 Å². The number of H-pyrrole nitrogens is 2. The molecule has 0 saturated heterocycles. The van der Waals surface area contributed by atoms with Crippen molar-refractivity contribution in [1.29, 1.82) is 0 Å². The molecule has 8 nitrogen and oxygen atoms in total. The van der Waals surface area contributed by atoms with Crippen LogP contribution < -0.4 is 4.72 Å². The number of alkyl halides is 1. The van der Waals surface area contributed by atoms with Gasteiger partial charge in [0.1, 0.15) is 11.9 Å². The van der Waals surface area contributed by atoms with Crippen molar-refractivity contribution in [1.82, 2.24) is 25.1 Å². The average molecular weight is 501 g/mol. The van der Waals surface area contributed by atoms with E-state index < -0.39 is 16.2 Å². The minimum absolute atomic E-state index is 0.355. The van der Waals surface area contributed by atoms with Crippen LogP contribution in [-0.4, -0.2) is 46.0 Å². The Labute approximate surface area is 206 Å². The monoisotopic (exact) mass is 500 g/mol. The van der Waals surface area contributed by atoms with E-state index in [1.165, 1.54) is 6.20 Å². The molecule has 0 spiro atoms. The van der Waals surface area contributed by atoms with Gasteiger partial charge in [-0.2, -0.15) is 5.10 Å². The van der Waals surface area contributed by atoms with Gasteiger partial charge in [-0.15, -0.1) is 0 Å². The number of sulfonamides is 1. The number of aromatic amines is 2. The quantitative estimate of drug-likeness (QED) is 0.311. The van der Waals surface area contributed by atoms with Crippen molar-refractivity contribution in [2.75, 3.05) is 11.0 Å². The first-order valence-corrected chi connectivity index (χ1v) is 13.1. The van der Waals surface area contributed by atoms with E-state index in [9.17, 15) is 12.8 Å². The molecular formula is C26H21FN6O2S. The van der Waals surface area contributed by atoms with Crippen LogP contribution in [0.1, 0.15) is 11.5 Å². The molecule has 2 atom stereocenters. The third kappa shape index (κ3) is 4.05. The standard InChI is InChI=1S/C26H21FN6O2S/c1-36(34,35)33-17-9-15(12-28-14-17)16-10-21-25(31-32-26(21)29-13-16)24-11-20-18(6-4-8-23(20)30-24)19-5-2-3-7-22(19)27/h2-14,19,22,30,33H,1H3,(H,29,31,32)/t19?,22-/m1/s1. The van der Waals surface area contributed by atoms with Gasteiger partial charge >= 0.3 is 0 Å². The Balaban J connectivity index is 1.43. The highest BCUT2D eigenvalue weighted by molar-refractivity contribution is 7.92. The van der Waals surface area contributed by atoms with Gasteiger partial charge in [0, 0.05) is 45.7 Å². The summed E-state index contributed by atoms with van der Waals surface area (Å²) in [5.74, 6) is -0.355. The molecule has 5 aromatic rings. The van der Waals surface area contributed by atoms with Gasteiger partial charge in [0.05, 0.1) is 23.8 Å². The minimum Gasteiger partial charge on any atom is -0.353 e. The number of nitrogens with one attached hydrogen (secondary N) is 3. The Kier molecular flexibility index (Phi) is 5.18. The Morgan fingerprint density at radius 2 is 1.83 bits per heavy atom. The third-order valence-electron chi connectivity index (χ3n) is 6.17. The van der Waals surface area contributed by atoms with Crippen LogP contribution in [0.2, 0.25) is 0 Å². The fourth-order valence-electron chi connectivity index (χ4n) is 4.59. The smallest absolute Gasteiger partial charge is 0.229 e. The lowest BCUT2D eigenvalue weighted by Crippen LogP contribution is -2.11. The predicted molar refractivity (Wildman–Crippen MR) is 139 cm³/mol. The van der Waals surface area contributed by atoms with Gasteiger partial charge in [-0.25, -0.2) is 17.8 Å². The molecule has 0 saturated carbocycles. The zero-order valence-corrected chi connectivity index (χ0v) is 19.9. The minimum atomic E-state index is -3.43. The highest BCUT2D eigenvalue weighted by atomic mass is 32.2. The summed E-state index contributed by atoms with van der Waals surface area (Å²) >= 11 is 0. The van der Waals surface area contributed by atoms with Crippen LogP contribution in [0.15, 0.2) is 79.3 Å². The van der Waals surface area contributed by atoms with E-state index in [2.05, 4.69) is 29.9 Å². The molecule has 10 heteroatoms. The van der Waals surface area contributed by atoms with E-state index in [1.807, 2.05) is 42.5 Å². The number of hydrogen-bond acceptors (Lipinski definition) is 5. The number of hydrogen-bond donors (Lipinski definition) is 3. The molecule has 3 N–H and O–H groups in total. The molecule has 36 heavy (non-hydrogen) atoms. The molecule has 0 fully saturated rings. The van der Waals surface area contributed by atoms with Crippen LogP contribution >= 0.6 is 0 Å². The highest BCUT2D eigenvalue weighted by Gasteiger charge is 2.23. The molecule has 4 aromatic heterocycles. The maximum Gasteiger partial charge on any atom is 0.229 e. The maximum absolute atomic E-state index is 14.7. The van der Waals surface area contributed by atoms with Crippen LogP contribution in [0, 0.1) is 0 Å². The fourth-order valence-corrected chi connectivity index (χ4v) is 5.13. The van der Waals surface area contributed by atoms with Crippen molar-refractivity contribution in [2.45, 2.75) is 12.1 Å². The van der Waals surface area contributed by atoms with E-state index in [0.29, 0.717) is 22.6 Å². The van der Waals surface area contributed by atoms with Gasteiger partial charge < -0.3 is 4.98 Å². The molecule has 1 unspecified atom stereocenters. The molecule has 0 bridgehead atoms. The number of pyridine rings is 2. The SMILES string of the molecule is CS(=O)(=O)Nc1cncc(-c2cnc3[nH]nc(-c4cc5c(C6C=CC=C[C@H]6F)cccc5[nH]4)c3c2)c1. The number of halogens is 1. The second kappa shape index (κ2) is 8.42. The third-order valence-corrected chi connectivity index (χ3v) is 6.78. The maximum atomic E-state index is 14.7. The normalized spacial score (nSPS) is 17.7. The molecule has 1 aliphatic rings. The Morgan fingerprint density at radius 1 is 1.00 bits per heavy atom. The number of fused-ring (bicyclic) bond motifs is 2. The number of aromatic nitrogens is 5. The summed E-state index contributed by atoms with van der Waals surface area (Å²) in [7, 11) is -3.43. The van der Waals surface area contributed by atoms with Crippen LogP contribution in [0.4, 0.5) is 10.1 Å². The zero-order valence-electron chi connectivity index (χ0n) is 19.1. The van der Waals surface area contributed by atoms with Gasteiger partial charge in [0.15, 0.2) is 5.65 Å². The summed E-state index contributed by atoms with van der Waals surface area (Å²) < 4.78 is 40.3. The van der Waals surface area contributed by atoms with Gasteiger partial charge in [0.2, 0.25) is 10.0 Å². The summed E-state index contributed by atoms with van der Waals surface area (Å²) in [5.41, 5.74) is 5.68. The van der Waals surface area contributed by atoms with E-state index in [1.54, 1.807) is 30.6 Å². The molecule has 0 aliphatic heterocycles. The van der Waals surface area contributed by atoms with Gasteiger partial charge in [-0.3, -0.25) is 14.8 Å². The predicted octanol–water partition coefficient (Wildman–Crippen LogP) is 5.09. The van der Waals surface area contributed by atoms with Crippen molar-refractivity contribution in [2.24, 2.45) is 0 Å². The first-order chi connectivity index (χ1) is 17.4. The van der Waals surface area contributed by atoms with Gasteiger partial charge in [0.25, 0.3) is 0 Å². The number of nitrogens with zero attached hydrogens (tertiary/aromatic N) is 3. The van der Waals surface area contributed by atoms with E-state index in [-0.39, 0.29) is 5.92 Å². The number of anilines is 1. The van der Waals surface area contributed by atoms with Crippen molar-refractivity contribution < 1.29 is 12.8 Å². The van der Waals surface area contributed by atoms with Gasteiger partial charge in [-0.1, -0.05) is 30.4 Å². The average Bonchev–Trinajstić information content (AvgIpc) is 3.47. The van der Waals surface area contributed by atoms with Crippen molar-refractivity contribution in [3.63, 3.8) is 0 Å². The fraction of sp³-hybridized carbons (Fsp3) is 0.115. The topological polar surface area (TPSA) is 116 Å². The van der Waals surface area contributed by atoms with Crippen LogP contribution in [0.25, 0.3) is 44.5 Å². The molecular weight excluding hydrogens is 479 g/mol. The van der Waals surface area contributed by atoms with E-state index >= 15 is 0 Å². The molecule has 1 aromatic carbocycles. The van der Waals surface area contributed by atoms with Crippen molar-refractivity contribution in [3.8, 4) is 22.5 Å². The number of benzene rings is 1. The van der Waals surface area contributed by atoms with Crippen LogP contribution in [0.5, 0.6) is 0 Å². The molecule has 4 heterocycles. The van der Waals surface area contributed by atoms with Crippen LogP contribution in [-0.2, 0) is 10.0 Å². The Bertz CT molecular complexity index is 1790.